The fourth-order valence-corrected chi connectivity index (χ4v) is 2.36. The van der Waals surface area contributed by atoms with Crippen molar-refractivity contribution in [2.45, 2.75) is 25.6 Å². The number of carbonyl (C=O) groups is 2. The molecule has 0 aliphatic heterocycles. The molecule has 0 spiro atoms. The normalized spacial score (nSPS) is 11.9. The highest BCUT2D eigenvalue weighted by atomic mass is 32.2. The summed E-state index contributed by atoms with van der Waals surface area (Å²) in [5, 5.41) is 15.2. The van der Waals surface area contributed by atoms with Crippen LogP contribution in [0.15, 0.2) is 0 Å². The van der Waals surface area contributed by atoms with Gasteiger partial charge in [-0.15, -0.1) is 11.3 Å². The zero-order chi connectivity index (χ0) is 14.4. The van der Waals surface area contributed by atoms with Crippen molar-refractivity contribution < 1.29 is 14.7 Å². The van der Waals surface area contributed by atoms with Crippen LogP contribution in [0.4, 0.5) is 4.79 Å². The van der Waals surface area contributed by atoms with Crippen LogP contribution >= 0.6 is 23.1 Å². The number of thiazole rings is 1. The van der Waals surface area contributed by atoms with Gasteiger partial charge >= 0.3 is 12.0 Å². The first-order valence-electron chi connectivity index (χ1n) is 5.68. The van der Waals surface area contributed by atoms with E-state index < -0.39 is 5.97 Å². The zero-order valence-electron chi connectivity index (χ0n) is 11.0. The van der Waals surface area contributed by atoms with E-state index in [4.69, 9.17) is 5.11 Å². The van der Waals surface area contributed by atoms with Gasteiger partial charge in [-0.05, 0) is 13.2 Å². The number of aromatic carboxylic acids is 1. The fraction of sp³-hybridized carbons (Fsp3) is 0.545. The fourth-order valence-electron chi connectivity index (χ4n) is 1.26. The molecule has 106 valence electrons. The van der Waals surface area contributed by atoms with E-state index in [1.807, 2.05) is 13.2 Å². The number of carboxylic acids is 1. The molecule has 0 saturated heterocycles. The molecule has 0 saturated carbocycles. The Morgan fingerprint density at radius 1 is 1.47 bits per heavy atom. The lowest BCUT2D eigenvalue weighted by Gasteiger charge is -2.10. The molecule has 1 heterocycles. The molecule has 1 atom stereocenters. The number of nitrogens with one attached hydrogen (secondary N) is 2. The maximum atomic E-state index is 11.5. The van der Waals surface area contributed by atoms with Crippen molar-refractivity contribution in [1.29, 1.82) is 0 Å². The third-order valence-electron chi connectivity index (χ3n) is 2.39. The number of urea groups is 1. The molecule has 0 aromatic carbocycles. The molecule has 6 nitrogen and oxygen atoms in total. The third kappa shape index (κ3) is 5.07. The second kappa shape index (κ2) is 7.34. The van der Waals surface area contributed by atoms with E-state index in [1.165, 1.54) is 0 Å². The standard InChI is InChI=1S/C11H17N3O3S2/c1-6(18-3)4-12-11(17)13-5-8-14-7(2)9(19-8)10(15)16/h6H,4-5H2,1-3H3,(H,15,16)(H2,12,13,17). The van der Waals surface area contributed by atoms with Gasteiger partial charge in [-0.3, -0.25) is 0 Å². The largest absolute Gasteiger partial charge is 0.477 e. The first-order chi connectivity index (χ1) is 8.93. The van der Waals surface area contributed by atoms with Gasteiger partial charge in [0, 0.05) is 11.8 Å². The summed E-state index contributed by atoms with van der Waals surface area (Å²) in [6.07, 6.45) is 1.98. The number of amides is 2. The number of thioether (sulfide) groups is 1. The van der Waals surface area contributed by atoms with E-state index in [1.54, 1.807) is 18.7 Å². The smallest absolute Gasteiger partial charge is 0.347 e. The van der Waals surface area contributed by atoms with E-state index >= 15 is 0 Å². The minimum Gasteiger partial charge on any atom is -0.477 e. The van der Waals surface area contributed by atoms with Crippen LogP contribution in [0.1, 0.15) is 27.3 Å². The van der Waals surface area contributed by atoms with Gasteiger partial charge in [0.15, 0.2) is 0 Å². The van der Waals surface area contributed by atoms with Crippen LogP contribution in [0, 0.1) is 6.92 Å². The van der Waals surface area contributed by atoms with Gasteiger partial charge in [0.25, 0.3) is 0 Å². The Balaban J connectivity index is 2.42. The monoisotopic (exact) mass is 303 g/mol. The summed E-state index contributed by atoms with van der Waals surface area (Å²) in [6.45, 7) is 4.49. The first-order valence-corrected chi connectivity index (χ1v) is 7.78. The van der Waals surface area contributed by atoms with Gasteiger partial charge in [0.05, 0.1) is 12.2 Å². The Bertz CT molecular complexity index is 462. The van der Waals surface area contributed by atoms with Crippen LogP contribution < -0.4 is 10.6 Å². The average molecular weight is 303 g/mol. The number of carboxylic acid groups (broad SMARTS) is 1. The number of nitrogens with zero attached hydrogens (tertiary/aromatic N) is 1. The molecular weight excluding hydrogens is 286 g/mol. The van der Waals surface area contributed by atoms with Crippen LogP contribution in [0.5, 0.6) is 0 Å². The average Bonchev–Trinajstić information content (AvgIpc) is 2.74. The maximum Gasteiger partial charge on any atom is 0.347 e. The van der Waals surface area contributed by atoms with Crippen molar-refractivity contribution in [3.8, 4) is 0 Å². The van der Waals surface area contributed by atoms with Gasteiger partial charge in [0.1, 0.15) is 9.88 Å². The second-order valence-electron chi connectivity index (χ2n) is 3.94. The molecule has 0 aliphatic rings. The van der Waals surface area contributed by atoms with Crippen LogP contribution in [0.2, 0.25) is 0 Å². The molecule has 0 bridgehead atoms. The van der Waals surface area contributed by atoms with Gasteiger partial charge in [0.2, 0.25) is 0 Å². The predicted molar refractivity (Wildman–Crippen MR) is 77.0 cm³/mol. The van der Waals surface area contributed by atoms with E-state index in [2.05, 4.69) is 15.6 Å². The first kappa shape index (κ1) is 15.8. The number of aryl methyl sites for hydroxylation is 1. The molecular formula is C11H17N3O3S2. The van der Waals surface area contributed by atoms with Gasteiger partial charge in [-0.25, -0.2) is 14.6 Å². The molecule has 1 rings (SSSR count). The quantitative estimate of drug-likeness (QED) is 0.744. The zero-order valence-corrected chi connectivity index (χ0v) is 12.7. The summed E-state index contributed by atoms with van der Waals surface area (Å²) in [5.41, 5.74) is 0.478. The van der Waals surface area contributed by atoms with Crippen LogP contribution in [0.3, 0.4) is 0 Å². The number of hydrogen-bond donors (Lipinski definition) is 3. The summed E-state index contributed by atoms with van der Waals surface area (Å²) >= 11 is 2.75. The van der Waals surface area contributed by atoms with Crippen LogP contribution in [-0.2, 0) is 6.54 Å². The van der Waals surface area contributed by atoms with Crippen molar-refractivity contribution in [1.82, 2.24) is 15.6 Å². The molecule has 1 aromatic heterocycles. The number of hydrogen-bond acceptors (Lipinski definition) is 5. The second-order valence-corrected chi connectivity index (χ2v) is 6.30. The summed E-state index contributed by atoms with van der Waals surface area (Å²) in [7, 11) is 0. The van der Waals surface area contributed by atoms with Crippen molar-refractivity contribution >= 4 is 35.1 Å². The third-order valence-corrected chi connectivity index (χ3v) is 4.50. The van der Waals surface area contributed by atoms with Gasteiger partial charge < -0.3 is 15.7 Å². The van der Waals surface area contributed by atoms with Crippen molar-refractivity contribution in [3.63, 3.8) is 0 Å². The SMILES string of the molecule is CSC(C)CNC(=O)NCc1nc(C)c(C(=O)O)s1. The van der Waals surface area contributed by atoms with Gasteiger partial charge in [-0.1, -0.05) is 6.92 Å². The minimum atomic E-state index is -0.987. The molecule has 19 heavy (non-hydrogen) atoms. The molecule has 1 aromatic rings. The topological polar surface area (TPSA) is 91.3 Å². The summed E-state index contributed by atoms with van der Waals surface area (Å²) in [6, 6.07) is -0.273. The maximum absolute atomic E-state index is 11.5. The Labute approximate surface area is 120 Å². The molecule has 0 radical (unpaired) electrons. The Hall–Kier alpha value is -1.28. The highest BCUT2D eigenvalue weighted by molar-refractivity contribution is 7.99. The lowest BCUT2D eigenvalue weighted by Crippen LogP contribution is -2.38. The molecule has 3 N–H and O–H groups in total. The minimum absolute atomic E-state index is 0.216. The van der Waals surface area contributed by atoms with Crippen LogP contribution in [-0.4, -0.2) is 40.1 Å². The lowest BCUT2D eigenvalue weighted by atomic mass is 10.4. The predicted octanol–water partition coefficient (Wildman–Crippen LogP) is 1.70. The highest BCUT2D eigenvalue weighted by Crippen LogP contribution is 2.17. The molecule has 1 unspecified atom stereocenters. The van der Waals surface area contributed by atoms with E-state index in [0.717, 1.165) is 11.3 Å². The molecule has 2 amide bonds. The number of carbonyl (C=O) groups excluding carboxylic acids is 1. The number of aromatic nitrogens is 1. The Kier molecular flexibility index (Phi) is 6.10. The molecule has 0 fully saturated rings. The van der Waals surface area contributed by atoms with Gasteiger partial charge in [-0.2, -0.15) is 11.8 Å². The molecule has 0 aliphatic carbocycles. The van der Waals surface area contributed by atoms with E-state index in [-0.39, 0.29) is 17.5 Å². The molecule has 8 heteroatoms. The Morgan fingerprint density at radius 2 is 2.16 bits per heavy atom. The highest BCUT2D eigenvalue weighted by Gasteiger charge is 2.14. The van der Waals surface area contributed by atoms with E-state index in [9.17, 15) is 9.59 Å². The van der Waals surface area contributed by atoms with E-state index in [0.29, 0.717) is 22.5 Å². The number of rotatable bonds is 6. The summed E-state index contributed by atoms with van der Waals surface area (Å²) < 4.78 is 0. The van der Waals surface area contributed by atoms with Crippen molar-refractivity contribution in [3.05, 3.63) is 15.6 Å². The Morgan fingerprint density at radius 3 is 2.68 bits per heavy atom. The lowest BCUT2D eigenvalue weighted by molar-refractivity contribution is 0.0701. The summed E-state index contributed by atoms with van der Waals surface area (Å²) in [4.78, 5) is 26.7. The van der Waals surface area contributed by atoms with Crippen molar-refractivity contribution in [2.24, 2.45) is 0 Å². The van der Waals surface area contributed by atoms with Crippen LogP contribution in [0.25, 0.3) is 0 Å². The summed E-state index contributed by atoms with van der Waals surface area (Å²) in [5.74, 6) is -0.987. The van der Waals surface area contributed by atoms with Crippen molar-refractivity contribution in [2.75, 3.05) is 12.8 Å².